The van der Waals surface area contributed by atoms with E-state index in [0.29, 0.717) is 18.5 Å². The van der Waals surface area contributed by atoms with E-state index in [4.69, 9.17) is 0 Å². The predicted octanol–water partition coefficient (Wildman–Crippen LogP) is 2.06. The molecule has 6 nitrogen and oxygen atoms in total. The van der Waals surface area contributed by atoms with Crippen molar-refractivity contribution in [2.24, 2.45) is 0 Å². The Morgan fingerprint density at radius 2 is 2.00 bits per heavy atom. The summed E-state index contributed by atoms with van der Waals surface area (Å²) < 4.78 is 4.65. The zero-order chi connectivity index (χ0) is 17.9. The zero-order valence-corrected chi connectivity index (χ0v) is 14.6. The number of hydrogen-bond acceptors (Lipinski definition) is 4. The summed E-state index contributed by atoms with van der Waals surface area (Å²) in [4.78, 5) is 37.6. The molecule has 1 aliphatic rings. The molecule has 6 heteroatoms. The summed E-state index contributed by atoms with van der Waals surface area (Å²) in [5.41, 5.74) is 1.70. The van der Waals surface area contributed by atoms with E-state index in [9.17, 15) is 14.4 Å². The Bertz CT molecular complexity index is 667. The fraction of sp³-hybridized carbons (Fsp3) is 0.500. The van der Waals surface area contributed by atoms with Crippen LogP contribution in [0.25, 0.3) is 0 Å². The second kappa shape index (κ2) is 7.03. The largest absolute Gasteiger partial charge is 0.469 e. The van der Waals surface area contributed by atoms with E-state index < -0.39 is 5.54 Å². The van der Waals surface area contributed by atoms with Crippen molar-refractivity contribution in [1.29, 1.82) is 0 Å². The van der Waals surface area contributed by atoms with Crippen LogP contribution in [0.2, 0.25) is 0 Å². The van der Waals surface area contributed by atoms with E-state index in [1.54, 1.807) is 24.8 Å². The Kier molecular flexibility index (Phi) is 5.26. The summed E-state index contributed by atoms with van der Waals surface area (Å²) in [6.07, 6.45) is 1.30. The number of benzene rings is 1. The number of methoxy groups -OCH3 is 1. The van der Waals surface area contributed by atoms with Crippen molar-refractivity contribution in [2.45, 2.75) is 45.6 Å². The molecule has 0 bridgehead atoms. The monoisotopic (exact) mass is 332 g/mol. The molecule has 24 heavy (non-hydrogen) atoms. The van der Waals surface area contributed by atoms with E-state index in [2.05, 4.69) is 10.1 Å². The molecule has 0 aliphatic carbocycles. The van der Waals surface area contributed by atoms with Gasteiger partial charge in [-0.25, -0.2) is 0 Å². The average molecular weight is 332 g/mol. The van der Waals surface area contributed by atoms with Crippen LogP contribution in [0.1, 0.15) is 49.5 Å². The van der Waals surface area contributed by atoms with Crippen molar-refractivity contribution in [3.8, 4) is 0 Å². The lowest BCUT2D eigenvalue weighted by atomic mass is 9.99. The highest BCUT2D eigenvalue weighted by atomic mass is 16.5. The summed E-state index contributed by atoms with van der Waals surface area (Å²) in [6.45, 7) is 6.04. The van der Waals surface area contributed by atoms with Gasteiger partial charge in [0.05, 0.1) is 13.5 Å². The Labute approximate surface area is 142 Å². The van der Waals surface area contributed by atoms with E-state index in [0.717, 1.165) is 17.7 Å². The lowest BCUT2D eigenvalue weighted by Crippen LogP contribution is -2.45. The van der Waals surface area contributed by atoms with E-state index >= 15 is 0 Å². The van der Waals surface area contributed by atoms with Gasteiger partial charge in [0, 0.05) is 29.8 Å². The first-order chi connectivity index (χ1) is 11.3. The molecule has 130 valence electrons. The molecule has 0 atom stereocenters. The molecule has 1 aliphatic heterocycles. The third-order valence-corrected chi connectivity index (χ3v) is 4.11. The average Bonchev–Trinajstić information content (AvgIpc) is 2.96. The van der Waals surface area contributed by atoms with Gasteiger partial charge >= 0.3 is 5.97 Å². The Morgan fingerprint density at radius 3 is 2.62 bits per heavy atom. The third kappa shape index (κ3) is 3.93. The first kappa shape index (κ1) is 18.0. The summed E-state index contributed by atoms with van der Waals surface area (Å²) >= 11 is 0. The second-order valence-corrected chi connectivity index (χ2v) is 6.58. The van der Waals surface area contributed by atoms with Gasteiger partial charge in [-0.05, 0) is 44.0 Å². The fourth-order valence-electron chi connectivity index (χ4n) is 2.85. The summed E-state index contributed by atoms with van der Waals surface area (Å²) in [5.74, 6) is -0.528. The lowest BCUT2D eigenvalue weighted by molar-refractivity contribution is -0.141. The molecule has 0 unspecified atom stereocenters. The highest BCUT2D eigenvalue weighted by Gasteiger charge is 2.27. The molecular weight excluding hydrogens is 308 g/mol. The highest BCUT2D eigenvalue weighted by molar-refractivity contribution is 5.98. The maximum Gasteiger partial charge on any atom is 0.307 e. The smallest absolute Gasteiger partial charge is 0.307 e. The van der Waals surface area contributed by atoms with Crippen LogP contribution >= 0.6 is 0 Å². The quantitative estimate of drug-likeness (QED) is 0.838. The number of rotatable bonds is 5. The number of carbonyl (C=O) groups is 3. The first-order valence-corrected chi connectivity index (χ1v) is 8.10. The molecule has 1 N–H and O–H groups in total. The number of hydrogen-bond donors (Lipinski definition) is 1. The number of nitrogens with zero attached hydrogens (tertiary/aromatic N) is 1. The van der Waals surface area contributed by atoms with Crippen LogP contribution in [0.4, 0.5) is 5.69 Å². The van der Waals surface area contributed by atoms with Gasteiger partial charge in [-0.2, -0.15) is 0 Å². The van der Waals surface area contributed by atoms with Gasteiger partial charge in [-0.3, -0.25) is 14.4 Å². The van der Waals surface area contributed by atoms with Crippen LogP contribution < -0.4 is 10.2 Å². The van der Waals surface area contributed by atoms with Crippen LogP contribution in [-0.4, -0.2) is 37.0 Å². The van der Waals surface area contributed by atoms with Gasteiger partial charge in [-0.1, -0.05) is 6.92 Å². The minimum Gasteiger partial charge on any atom is -0.469 e. The first-order valence-electron chi connectivity index (χ1n) is 8.10. The maximum atomic E-state index is 12.5. The molecule has 1 aromatic carbocycles. The zero-order valence-electron chi connectivity index (χ0n) is 14.6. The number of nitrogens with one attached hydrogen (secondary N) is 1. The van der Waals surface area contributed by atoms with E-state index in [1.165, 1.54) is 7.11 Å². The highest BCUT2D eigenvalue weighted by Crippen LogP contribution is 2.29. The minimum atomic E-state index is -0.701. The molecule has 1 heterocycles. The fourth-order valence-corrected chi connectivity index (χ4v) is 2.85. The molecular formula is C18H24N2O4. The van der Waals surface area contributed by atoms with Gasteiger partial charge in [0.1, 0.15) is 0 Å². The summed E-state index contributed by atoms with van der Waals surface area (Å²) in [6, 6.07) is 5.35. The number of amides is 2. The van der Waals surface area contributed by atoms with Crippen molar-refractivity contribution < 1.29 is 19.1 Å². The number of fused-ring (bicyclic) bond motifs is 1. The standard InChI is InChI=1S/C18H24N2O4/c1-5-15(21)20-9-8-12-10-13(6-7-14(12)20)17(23)19-18(2,3)11-16(22)24-4/h6-7,10H,5,8-9,11H2,1-4H3,(H,19,23). The maximum absolute atomic E-state index is 12.5. The van der Waals surface area contributed by atoms with Crippen LogP contribution in [-0.2, 0) is 20.7 Å². The molecule has 0 spiro atoms. The minimum absolute atomic E-state index is 0.0881. The Balaban J connectivity index is 2.12. The van der Waals surface area contributed by atoms with Crippen LogP contribution in [0.3, 0.4) is 0 Å². The van der Waals surface area contributed by atoms with Gasteiger partial charge in [-0.15, -0.1) is 0 Å². The van der Waals surface area contributed by atoms with Crippen molar-refractivity contribution in [3.05, 3.63) is 29.3 Å². The number of carbonyl (C=O) groups excluding carboxylic acids is 3. The topological polar surface area (TPSA) is 75.7 Å². The van der Waals surface area contributed by atoms with E-state index in [-0.39, 0.29) is 24.2 Å². The summed E-state index contributed by atoms with van der Waals surface area (Å²) in [5, 5.41) is 2.85. The van der Waals surface area contributed by atoms with Gasteiger partial charge in [0.2, 0.25) is 5.91 Å². The van der Waals surface area contributed by atoms with E-state index in [1.807, 2.05) is 19.1 Å². The van der Waals surface area contributed by atoms with Gasteiger partial charge in [0.15, 0.2) is 0 Å². The molecule has 2 rings (SSSR count). The Morgan fingerprint density at radius 1 is 1.29 bits per heavy atom. The van der Waals surface area contributed by atoms with Crippen LogP contribution in [0, 0.1) is 0 Å². The molecule has 0 aromatic heterocycles. The van der Waals surface area contributed by atoms with Crippen molar-refractivity contribution in [3.63, 3.8) is 0 Å². The lowest BCUT2D eigenvalue weighted by Gasteiger charge is -2.25. The summed E-state index contributed by atoms with van der Waals surface area (Å²) in [7, 11) is 1.32. The molecule has 2 amide bonds. The molecule has 1 aromatic rings. The van der Waals surface area contributed by atoms with Crippen LogP contribution in [0.5, 0.6) is 0 Å². The SMILES string of the molecule is CCC(=O)N1CCc2cc(C(=O)NC(C)(C)CC(=O)OC)ccc21. The van der Waals surface area contributed by atoms with Gasteiger partial charge in [0.25, 0.3) is 5.91 Å². The second-order valence-electron chi connectivity index (χ2n) is 6.58. The van der Waals surface area contributed by atoms with Crippen molar-refractivity contribution >= 4 is 23.5 Å². The molecule has 0 saturated heterocycles. The normalized spacial score (nSPS) is 13.4. The Hall–Kier alpha value is -2.37. The van der Waals surface area contributed by atoms with Crippen LogP contribution in [0.15, 0.2) is 18.2 Å². The molecule has 0 radical (unpaired) electrons. The van der Waals surface area contributed by atoms with Crippen molar-refractivity contribution in [2.75, 3.05) is 18.6 Å². The van der Waals surface area contributed by atoms with Gasteiger partial charge < -0.3 is 15.0 Å². The van der Waals surface area contributed by atoms with Crippen molar-refractivity contribution in [1.82, 2.24) is 5.32 Å². The third-order valence-electron chi connectivity index (χ3n) is 4.11. The molecule has 0 fully saturated rings. The molecule has 0 saturated carbocycles. The number of ether oxygens (including phenoxy) is 1. The predicted molar refractivity (Wildman–Crippen MR) is 91.0 cm³/mol. The number of esters is 1. The number of anilines is 1.